The molecule has 1 saturated heterocycles. The highest BCUT2D eigenvalue weighted by Crippen LogP contribution is 2.22. The summed E-state index contributed by atoms with van der Waals surface area (Å²) < 4.78 is 5.46. The Bertz CT molecular complexity index is 912. The number of nitrogens with one attached hydrogen (secondary N) is 2. The van der Waals surface area contributed by atoms with Gasteiger partial charge in [0.15, 0.2) is 0 Å². The Kier molecular flexibility index (Phi) is 4.39. The van der Waals surface area contributed by atoms with Crippen LogP contribution in [-0.4, -0.2) is 27.8 Å². The van der Waals surface area contributed by atoms with E-state index in [9.17, 15) is 24.5 Å². The number of aromatic nitrogens is 1. The van der Waals surface area contributed by atoms with Crippen molar-refractivity contribution in [2.75, 3.05) is 0 Å². The van der Waals surface area contributed by atoms with Crippen LogP contribution in [0.1, 0.15) is 5.56 Å². The van der Waals surface area contributed by atoms with E-state index in [1.165, 1.54) is 18.2 Å². The summed E-state index contributed by atoms with van der Waals surface area (Å²) in [7, 11) is 0. The minimum absolute atomic E-state index is 0.151. The first kappa shape index (κ1) is 16.8. The van der Waals surface area contributed by atoms with E-state index in [0.717, 1.165) is 6.20 Å². The number of amides is 4. The average Bonchev–Trinajstić information content (AvgIpc) is 2.60. The van der Waals surface area contributed by atoms with E-state index in [0.29, 0.717) is 11.3 Å². The SMILES string of the molecule is O=C1NC(=O)C(=Cc2ccc(Oc3ccc([N+](=O)[O-])cn3)cc2)C(=O)N1. The lowest BCUT2D eigenvalue weighted by molar-refractivity contribution is -0.385. The van der Waals surface area contributed by atoms with Gasteiger partial charge in [0, 0.05) is 12.1 Å². The first-order valence-electron chi connectivity index (χ1n) is 7.19. The fourth-order valence-electron chi connectivity index (χ4n) is 2.07. The highest BCUT2D eigenvalue weighted by atomic mass is 16.6. The summed E-state index contributed by atoms with van der Waals surface area (Å²) >= 11 is 0. The zero-order valence-corrected chi connectivity index (χ0v) is 13.0. The average molecular weight is 354 g/mol. The number of hydrogen-bond acceptors (Lipinski definition) is 7. The number of imide groups is 2. The van der Waals surface area contributed by atoms with Crippen LogP contribution in [0.4, 0.5) is 10.5 Å². The number of pyridine rings is 1. The predicted molar refractivity (Wildman–Crippen MR) is 87.1 cm³/mol. The summed E-state index contributed by atoms with van der Waals surface area (Å²) in [4.78, 5) is 48.2. The van der Waals surface area contributed by atoms with Gasteiger partial charge in [-0.05, 0) is 23.8 Å². The molecule has 1 aromatic carbocycles. The summed E-state index contributed by atoms with van der Waals surface area (Å²) in [5.74, 6) is -0.990. The van der Waals surface area contributed by atoms with Crippen LogP contribution < -0.4 is 15.4 Å². The smallest absolute Gasteiger partial charge is 0.328 e. The van der Waals surface area contributed by atoms with E-state index in [-0.39, 0.29) is 17.1 Å². The van der Waals surface area contributed by atoms with Crippen LogP contribution >= 0.6 is 0 Å². The molecule has 1 fully saturated rings. The molecule has 0 atom stereocenters. The van der Waals surface area contributed by atoms with Gasteiger partial charge >= 0.3 is 6.03 Å². The lowest BCUT2D eigenvalue weighted by Crippen LogP contribution is -2.51. The molecule has 10 heteroatoms. The Morgan fingerprint density at radius 1 is 1.00 bits per heavy atom. The second-order valence-corrected chi connectivity index (χ2v) is 5.08. The summed E-state index contributed by atoms with van der Waals surface area (Å²) in [6, 6.07) is 8.08. The molecule has 1 aliphatic rings. The number of barbiturate groups is 1. The molecule has 0 aliphatic carbocycles. The van der Waals surface area contributed by atoms with Crippen molar-refractivity contribution >= 4 is 29.6 Å². The Morgan fingerprint density at radius 3 is 2.19 bits per heavy atom. The zero-order chi connectivity index (χ0) is 18.7. The van der Waals surface area contributed by atoms with Crippen LogP contribution in [0, 0.1) is 10.1 Å². The van der Waals surface area contributed by atoms with Gasteiger partial charge in [-0.3, -0.25) is 30.3 Å². The minimum Gasteiger partial charge on any atom is -0.439 e. The third-order valence-electron chi connectivity index (χ3n) is 3.29. The van der Waals surface area contributed by atoms with Crippen molar-refractivity contribution in [3.8, 4) is 11.6 Å². The van der Waals surface area contributed by atoms with Crippen molar-refractivity contribution in [1.82, 2.24) is 15.6 Å². The molecule has 1 aliphatic heterocycles. The lowest BCUT2D eigenvalue weighted by atomic mass is 10.1. The summed E-state index contributed by atoms with van der Waals surface area (Å²) in [5.41, 5.74) is 0.181. The van der Waals surface area contributed by atoms with E-state index >= 15 is 0 Å². The number of hydrogen-bond donors (Lipinski definition) is 2. The lowest BCUT2D eigenvalue weighted by Gasteiger charge is -2.13. The quantitative estimate of drug-likeness (QED) is 0.367. The number of ether oxygens (including phenoxy) is 1. The van der Waals surface area contributed by atoms with E-state index in [2.05, 4.69) is 4.98 Å². The number of urea groups is 1. The van der Waals surface area contributed by atoms with Gasteiger partial charge in [0.1, 0.15) is 17.5 Å². The van der Waals surface area contributed by atoms with Gasteiger partial charge in [-0.2, -0.15) is 0 Å². The molecule has 4 amide bonds. The Balaban J connectivity index is 1.73. The number of benzene rings is 1. The molecule has 0 saturated carbocycles. The normalized spacial score (nSPS) is 13.7. The molecule has 1 aromatic heterocycles. The molecule has 2 heterocycles. The monoisotopic (exact) mass is 354 g/mol. The number of nitrogens with zero attached hydrogens (tertiary/aromatic N) is 2. The standard InChI is InChI=1S/C16H10N4O6/c21-14-12(15(22)19-16(23)18-14)7-9-1-4-11(5-2-9)26-13-6-3-10(8-17-13)20(24)25/h1-8H,(H2,18,19,21,22,23). The molecular formula is C16H10N4O6. The third-order valence-corrected chi connectivity index (χ3v) is 3.29. The maximum absolute atomic E-state index is 11.7. The Morgan fingerprint density at radius 2 is 1.65 bits per heavy atom. The molecule has 0 unspecified atom stereocenters. The van der Waals surface area contributed by atoms with E-state index < -0.39 is 22.8 Å². The van der Waals surface area contributed by atoms with Gasteiger partial charge in [-0.25, -0.2) is 9.78 Å². The van der Waals surface area contributed by atoms with Crippen LogP contribution in [0.15, 0.2) is 48.2 Å². The molecule has 0 radical (unpaired) electrons. The molecule has 3 rings (SSSR count). The van der Waals surface area contributed by atoms with Gasteiger partial charge < -0.3 is 4.74 Å². The maximum Gasteiger partial charge on any atom is 0.328 e. The van der Waals surface area contributed by atoms with Crippen LogP contribution in [0.3, 0.4) is 0 Å². The molecule has 0 bridgehead atoms. The van der Waals surface area contributed by atoms with Crippen molar-refractivity contribution in [2.45, 2.75) is 0 Å². The van der Waals surface area contributed by atoms with Gasteiger partial charge in [-0.1, -0.05) is 12.1 Å². The second-order valence-electron chi connectivity index (χ2n) is 5.08. The topological polar surface area (TPSA) is 141 Å². The molecule has 2 N–H and O–H groups in total. The largest absolute Gasteiger partial charge is 0.439 e. The van der Waals surface area contributed by atoms with E-state index in [4.69, 9.17) is 4.74 Å². The number of carbonyl (C=O) groups is 3. The van der Waals surface area contributed by atoms with Crippen molar-refractivity contribution in [1.29, 1.82) is 0 Å². The third kappa shape index (κ3) is 3.70. The molecule has 26 heavy (non-hydrogen) atoms. The fourth-order valence-corrected chi connectivity index (χ4v) is 2.07. The van der Waals surface area contributed by atoms with Crippen molar-refractivity contribution < 1.29 is 24.0 Å². The summed E-state index contributed by atoms with van der Waals surface area (Å²) in [6.45, 7) is 0. The van der Waals surface area contributed by atoms with Gasteiger partial charge in [0.2, 0.25) is 5.88 Å². The number of rotatable bonds is 4. The maximum atomic E-state index is 11.7. The molecule has 130 valence electrons. The van der Waals surface area contributed by atoms with Crippen molar-refractivity contribution in [2.24, 2.45) is 0 Å². The predicted octanol–water partition coefficient (Wildman–Crippen LogP) is 1.53. The summed E-state index contributed by atoms with van der Waals surface area (Å²) in [5, 5.41) is 14.5. The van der Waals surface area contributed by atoms with Crippen LogP contribution in [-0.2, 0) is 9.59 Å². The number of nitro groups is 1. The first-order chi connectivity index (χ1) is 12.4. The van der Waals surface area contributed by atoms with Crippen LogP contribution in [0.5, 0.6) is 11.6 Å². The zero-order valence-electron chi connectivity index (χ0n) is 13.0. The Hall–Kier alpha value is -4.08. The molecule has 10 nitrogen and oxygen atoms in total. The van der Waals surface area contributed by atoms with Crippen molar-refractivity contribution in [3.63, 3.8) is 0 Å². The second kappa shape index (κ2) is 6.81. The van der Waals surface area contributed by atoms with Gasteiger partial charge in [0.25, 0.3) is 17.5 Å². The Labute approximate surface area is 145 Å². The van der Waals surface area contributed by atoms with E-state index in [1.807, 2.05) is 10.6 Å². The molecule has 2 aromatic rings. The van der Waals surface area contributed by atoms with Crippen LogP contribution in [0.2, 0.25) is 0 Å². The molecule has 0 spiro atoms. The van der Waals surface area contributed by atoms with Gasteiger partial charge in [-0.15, -0.1) is 0 Å². The van der Waals surface area contributed by atoms with Crippen LogP contribution in [0.25, 0.3) is 6.08 Å². The minimum atomic E-state index is -0.864. The summed E-state index contributed by atoms with van der Waals surface area (Å²) in [6.07, 6.45) is 2.40. The first-order valence-corrected chi connectivity index (χ1v) is 7.19. The highest BCUT2D eigenvalue weighted by Gasteiger charge is 2.27. The highest BCUT2D eigenvalue weighted by molar-refractivity contribution is 6.31. The van der Waals surface area contributed by atoms with Gasteiger partial charge in [0.05, 0.1) is 4.92 Å². The molecular weight excluding hydrogens is 344 g/mol. The van der Waals surface area contributed by atoms with E-state index in [1.54, 1.807) is 24.3 Å². The number of carbonyl (C=O) groups excluding carboxylic acids is 3. The fraction of sp³-hybridized carbons (Fsp3) is 0. The van der Waals surface area contributed by atoms with Crippen molar-refractivity contribution in [3.05, 3.63) is 63.8 Å².